The minimum atomic E-state index is -0.654. The summed E-state index contributed by atoms with van der Waals surface area (Å²) in [6.07, 6.45) is 2.82. The van der Waals surface area contributed by atoms with Crippen molar-refractivity contribution in [3.8, 4) is 0 Å². The first-order chi connectivity index (χ1) is 6.72. The molecule has 0 amide bonds. The molecule has 3 aliphatic carbocycles. The lowest BCUT2D eigenvalue weighted by atomic mass is 9.97. The van der Waals surface area contributed by atoms with Crippen LogP contribution in [-0.2, 0) is 14.3 Å². The Morgan fingerprint density at radius 2 is 2.36 bits per heavy atom. The third-order valence-electron chi connectivity index (χ3n) is 4.31. The zero-order chi connectivity index (χ0) is 9.92. The predicted octanol–water partition coefficient (Wildman–Crippen LogP) is 1.16. The van der Waals surface area contributed by atoms with E-state index in [0.717, 1.165) is 12.8 Å². The van der Waals surface area contributed by atoms with E-state index >= 15 is 0 Å². The van der Waals surface area contributed by atoms with Crippen LogP contribution in [0, 0.1) is 23.2 Å². The number of fused-ring (bicyclic) bond motifs is 1. The van der Waals surface area contributed by atoms with Crippen molar-refractivity contribution < 1.29 is 14.3 Å². The summed E-state index contributed by atoms with van der Waals surface area (Å²) < 4.78 is 5.03. The summed E-state index contributed by atoms with van der Waals surface area (Å²) in [6, 6.07) is 0. The van der Waals surface area contributed by atoms with Gasteiger partial charge in [0.2, 0.25) is 0 Å². The van der Waals surface area contributed by atoms with E-state index in [-0.39, 0.29) is 11.8 Å². The fraction of sp³-hybridized carbons (Fsp3) is 0.818. The van der Waals surface area contributed by atoms with Crippen LogP contribution in [0.1, 0.15) is 26.2 Å². The molecule has 0 saturated heterocycles. The van der Waals surface area contributed by atoms with Crippen LogP contribution in [0.4, 0.5) is 0 Å². The van der Waals surface area contributed by atoms with Crippen molar-refractivity contribution in [3.05, 3.63) is 0 Å². The molecule has 0 spiro atoms. The molecule has 0 aromatic rings. The van der Waals surface area contributed by atoms with E-state index < -0.39 is 5.41 Å². The number of esters is 1. The number of hydrogen-bond acceptors (Lipinski definition) is 3. The van der Waals surface area contributed by atoms with Crippen LogP contribution in [0.3, 0.4) is 0 Å². The summed E-state index contributed by atoms with van der Waals surface area (Å²) in [7, 11) is 0. The second kappa shape index (κ2) is 2.38. The Balaban J connectivity index is 1.92. The van der Waals surface area contributed by atoms with E-state index in [0.29, 0.717) is 30.8 Å². The van der Waals surface area contributed by atoms with Gasteiger partial charge in [0.25, 0.3) is 0 Å². The average molecular weight is 194 g/mol. The molecule has 3 heteroatoms. The molecule has 3 aliphatic rings. The predicted molar refractivity (Wildman–Crippen MR) is 48.4 cm³/mol. The lowest BCUT2D eigenvalue weighted by molar-refractivity contribution is -0.154. The highest BCUT2D eigenvalue weighted by Crippen LogP contribution is 2.75. The van der Waals surface area contributed by atoms with Crippen molar-refractivity contribution in [2.24, 2.45) is 23.2 Å². The lowest BCUT2D eigenvalue weighted by Gasteiger charge is -2.11. The van der Waals surface area contributed by atoms with Crippen molar-refractivity contribution in [1.29, 1.82) is 0 Å². The largest absolute Gasteiger partial charge is 0.465 e. The zero-order valence-electron chi connectivity index (χ0n) is 8.29. The minimum absolute atomic E-state index is 0.161. The third kappa shape index (κ3) is 0.677. The van der Waals surface area contributed by atoms with E-state index in [9.17, 15) is 9.59 Å². The van der Waals surface area contributed by atoms with Crippen LogP contribution in [0.15, 0.2) is 0 Å². The summed E-state index contributed by atoms with van der Waals surface area (Å²) in [5.41, 5.74) is -0.654. The van der Waals surface area contributed by atoms with Gasteiger partial charge in [-0.2, -0.15) is 0 Å². The van der Waals surface area contributed by atoms with Gasteiger partial charge in [-0.3, -0.25) is 9.59 Å². The summed E-state index contributed by atoms with van der Waals surface area (Å²) >= 11 is 0. The molecule has 3 nitrogen and oxygen atoms in total. The number of ether oxygens (including phenoxy) is 1. The Morgan fingerprint density at radius 3 is 3.00 bits per heavy atom. The number of carbonyl (C=O) groups excluding carboxylic acids is 2. The van der Waals surface area contributed by atoms with E-state index in [1.807, 2.05) is 0 Å². The first kappa shape index (κ1) is 8.45. The molecule has 76 valence electrons. The van der Waals surface area contributed by atoms with Crippen molar-refractivity contribution in [2.45, 2.75) is 26.2 Å². The topological polar surface area (TPSA) is 43.4 Å². The van der Waals surface area contributed by atoms with Crippen LogP contribution in [0.5, 0.6) is 0 Å². The fourth-order valence-corrected chi connectivity index (χ4v) is 3.85. The molecule has 4 atom stereocenters. The monoisotopic (exact) mass is 194 g/mol. The normalized spacial score (nSPS) is 47.8. The number of rotatable bonds is 2. The molecular weight excluding hydrogens is 180 g/mol. The molecule has 0 aromatic carbocycles. The molecule has 0 heterocycles. The van der Waals surface area contributed by atoms with E-state index in [1.54, 1.807) is 6.92 Å². The van der Waals surface area contributed by atoms with Crippen molar-refractivity contribution in [3.63, 3.8) is 0 Å². The van der Waals surface area contributed by atoms with Gasteiger partial charge in [-0.25, -0.2) is 0 Å². The molecule has 3 rings (SSSR count). The van der Waals surface area contributed by atoms with Crippen molar-refractivity contribution in [2.75, 3.05) is 6.61 Å². The number of carbonyl (C=O) groups is 2. The minimum Gasteiger partial charge on any atom is -0.465 e. The molecule has 3 saturated carbocycles. The third-order valence-corrected chi connectivity index (χ3v) is 4.31. The van der Waals surface area contributed by atoms with Gasteiger partial charge in [-0.05, 0) is 37.5 Å². The van der Waals surface area contributed by atoms with Crippen LogP contribution in [-0.4, -0.2) is 18.4 Å². The molecule has 4 unspecified atom stereocenters. The summed E-state index contributed by atoms with van der Waals surface area (Å²) in [5.74, 6) is 1.12. The van der Waals surface area contributed by atoms with Gasteiger partial charge >= 0.3 is 5.97 Å². The summed E-state index contributed by atoms with van der Waals surface area (Å²) in [4.78, 5) is 23.6. The standard InChI is InChI=1S/C11H14O3/c1-2-14-10(13)11-7-4-3-6(9(7)11)5-8(11)12/h6-7,9H,2-5H2,1H3. The van der Waals surface area contributed by atoms with Gasteiger partial charge in [0.1, 0.15) is 5.41 Å². The molecule has 14 heavy (non-hydrogen) atoms. The fourth-order valence-electron chi connectivity index (χ4n) is 3.85. The quantitative estimate of drug-likeness (QED) is 0.489. The van der Waals surface area contributed by atoms with Crippen LogP contribution < -0.4 is 0 Å². The Kier molecular flexibility index (Phi) is 1.44. The molecular formula is C11H14O3. The van der Waals surface area contributed by atoms with E-state index in [2.05, 4.69) is 0 Å². The van der Waals surface area contributed by atoms with Gasteiger partial charge in [-0.1, -0.05) is 0 Å². The number of Topliss-reactive ketones (excluding diaryl/α,β-unsaturated/α-hetero) is 1. The Bertz CT molecular complexity index is 322. The smallest absolute Gasteiger partial charge is 0.320 e. The molecule has 0 aliphatic heterocycles. The summed E-state index contributed by atoms with van der Waals surface area (Å²) in [5, 5.41) is 0. The van der Waals surface area contributed by atoms with Gasteiger partial charge in [0.15, 0.2) is 5.78 Å². The second-order valence-corrected chi connectivity index (χ2v) is 4.69. The Labute approximate surface area is 82.8 Å². The first-order valence-electron chi connectivity index (χ1n) is 5.43. The first-order valence-corrected chi connectivity index (χ1v) is 5.43. The van der Waals surface area contributed by atoms with Gasteiger partial charge in [0.05, 0.1) is 6.61 Å². The molecule has 0 aromatic heterocycles. The number of hydrogen-bond donors (Lipinski definition) is 0. The van der Waals surface area contributed by atoms with Crippen LogP contribution >= 0.6 is 0 Å². The SMILES string of the molecule is CCOC(=O)C12C(=O)CC3CCC1C32. The van der Waals surface area contributed by atoms with Gasteiger partial charge < -0.3 is 4.74 Å². The Hall–Kier alpha value is -0.860. The van der Waals surface area contributed by atoms with Gasteiger partial charge in [-0.15, -0.1) is 0 Å². The van der Waals surface area contributed by atoms with E-state index in [4.69, 9.17) is 4.74 Å². The average Bonchev–Trinajstić information content (AvgIpc) is 2.57. The Morgan fingerprint density at radius 1 is 1.57 bits per heavy atom. The highest BCUT2D eigenvalue weighted by atomic mass is 16.5. The summed E-state index contributed by atoms with van der Waals surface area (Å²) in [6.45, 7) is 2.18. The highest BCUT2D eigenvalue weighted by Gasteiger charge is 2.81. The molecule has 0 radical (unpaired) electrons. The van der Waals surface area contributed by atoms with Crippen molar-refractivity contribution in [1.82, 2.24) is 0 Å². The maximum atomic E-state index is 11.8. The van der Waals surface area contributed by atoms with E-state index in [1.165, 1.54) is 0 Å². The zero-order valence-corrected chi connectivity index (χ0v) is 8.29. The number of ketones is 1. The van der Waals surface area contributed by atoms with Crippen molar-refractivity contribution >= 4 is 11.8 Å². The lowest BCUT2D eigenvalue weighted by Crippen LogP contribution is -2.28. The maximum Gasteiger partial charge on any atom is 0.320 e. The molecule has 3 fully saturated rings. The molecule has 0 N–H and O–H groups in total. The van der Waals surface area contributed by atoms with Crippen LogP contribution in [0.2, 0.25) is 0 Å². The maximum absolute atomic E-state index is 11.8. The highest BCUT2D eigenvalue weighted by molar-refractivity contribution is 6.10. The van der Waals surface area contributed by atoms with Gasteiger partial charge in [0, 0.05) is 6.42 Å². The second-order valence-electron chi connectivity index (χ2n) is 4.69. The van der Waals surface area contributed by atoms with Crippen LogP contribution in [0.25, 0.3) is 0 Å². The molecule has 0 bridgehead atoms.